The normalized spacial score (nSPS) is 12.3. The van der Waals surface area contributed by atoms with Crippen LogP contribution in [0.1, 0.15) is 26.3 Å². The SMILES string of the molecule is CC(C)NC(=O)C(C)N(Cc1ccc(Cl)cc1Cl)C(=O)CN(c1ccccc1)S(C)(=O)=O. The highest BCUT2D eigenvalue weighted by atomic mass is 35.5. The van der Waals surface area contributed by atoms with E-state index >= 15 is 0 Å². The number of para-hydroxylation sites is 1. The van der Waals surface area contributed by atoms with E-state index in [1.54, 1.807) is 55.5 Å². The number of benzene rings is 2. The maximum absolute atomic E-state index is 13.4. The molecule has 0 bridgehead atoms. The highest BCUT2D eigenvalue weighted by Crippen LogP contribution is 2.24. The maximum Gasteiger partial charge on any atom is 0.244 e. The molecule has 7 nitrogen and oxygen atoms in total. The zero-order chi connectivity index (χ0) is 24.1. The van der Waals surface area contributed by atoms with Gasteiger partial charge in [-0.05, 0) is 50.6 Å². The molecule has 0 aliphatic heterocycles. The van der Waals surface area contributed by atoms with Gasteiger partial charge in [-0.3, -0.25) is 13.9 Å². The lowest BCUT2D eigenvalue weighted by molar-refractivity contribution is -0.139. The number of amides is 2. The van der Waals surface area contributed by atoms with Gasteiger partial charge < -0.3 is 10.2 Å². The van der Waals surface area contributed by atoms with Crippen LogP contribution >= 0.6 is 23.2 Å². The quantitative estimate of drug-likeness (QED) is 0.569. The fourth-order valence-corrected chi connectivity index (χ4v) is 4.35. The summed E-state index contributed by atoms with van der Waals surface area (Å²) in [6.45, 7) is 4.76. The van der Waals surface area contributed by atoms with Gasteiger partial charge in [-0.1, -0.05) is 47.5 Å². The van der Waals surface area contributed by atoms with E-state index in [0.29, 0.717) is 21.3 Å². The van der Waals surface area contributed by atoms with E-state index in [4.69, 9.17) is 23.2 Å². The summed E-state index contributed by atoms with van der Waals surface area (Å²) in [6, 6.07) is 12.2. The van der Waals surface area contributed by atoms with Crippen molar-refractivity contribution in [3.63, 3.8) is 0 Å². The van der Waals surface area contributed by atoms with Crippen LogP contribution in [0.15, 0.2) is 48.5 Å². The number of rotatable bonds is 9. The predicted octanol–water partition coefficient (Wildman–Crippen LogP) is 3.70. The third-order valence-electron chi connectivity index (χ3n) is 4.68. The predicted molar refractivity (Wildman–Crippen MR) is 128 cm³/mol. The number of anilines is 1. The van der Waals surface area contributed by atoms with Crippen molar-refractivity contribution >= 4 is 50.7 Å². The van der Waals surface area contributed by atoms with Gasteiger partial charge in [-0.2, -0.15) is 0 Å². The molecule has 0 aromatic heterocycles. The van der Waals surface area contributed by atoms with Gasteiger partial charge in [0.15, 0.2) is 0 Å². The molecule has 174 valence electrons. The lowest BCUT2D eigenvalue weighted by Crippen LogP contribution is -2.52. The molecule has 2 amide bonds. The first-order valence-electron chi connectivity index (χ1n) is 9.96. The van der Waals surface area contributed by atoms with Crippen molar-refractivity contribution in [2.45, 2.75) is 39.4 Å². The summed E-state index contributed by atoms with van der Waals surface area (Å²) in [5.74, 6) is -0.902. The Labute approximate surface area is 199 Å². The molecule has 2 aromatic carbocycles. The van der Waals surface area contributed by atoms with Crippen LogP contribution in [0.2, 0.25) is 10.0 Å². The minimum absolute atomic E-state index is 0.00785. The molecular formula is C22H27Cl2N3O4S. The average molecular weight is 500 g/mol. The molecule has 0 spiro atoms. The molecule has 0 heterocycles. The minimum atomic E-state index is -3.76. The zero-order valence-electron chi connectivity index (χ0n) is 18.4. The molecule has 0 saturated carbocycles. The van der Waals surface area contributed by atoms with Crippen molar-refractivity contribution in [1.82, 2.24) is 10.2 Å². The number of carbonyl (C=O) groups is 2. The summed E-state index contributed by atoms with van der Waals surface area (Å²) >= 11 is 12.3. The topological polar surface area (TPSA) is 86.8 Å². The highest BCUT2D eigenvalue weighted by Gasteiger charge is 2.30. The molecule has 2 aromatic rings. The van der Waals surface area contributed by atoms with Gasteiger partial charge in [0.25, 0.3) is 0 Å². The average Bonchev–Trinajstić information content (AvgIpc) is 2.70. The van der Waals surface area contributed by atoms with Crippen LogP contribution in [0.5, 0.6) is 0 Å². The monoisotopic (exact) mass is 499 g/mol. The molecule has 0 fully saturated rings. The Bertz CT molecular complexity index is 1060. The Morgan fingerprint density at radius 1 is 1.03 bits per heavy atom. The lowest BCUT2D eigenvalue weighted by Gasteiger charge is -2.32. The van der Waals surface area contributed by atoms with Gasteiger partial charge in [0, 0.05) is 22.6 Å². The smallest absolute Gasteiger partial charge is 0.244 e. The van der Waals surface area contributed by atoms with Crippen LogP contribution in [-0.2, 0) is 26.2 Å². The molecular weight excluding hydrogens is 473 g/mol. The van der Waals surface area contributed by atoms with Crippen LogP contribution in [-0.4, -0.2) is 50.0 Å². The van der Waals surface area contributed by atoms with E-state index in [1.165, 1.54) is 4.90 Å². The van der Waals surface area contributed by atoms with Gasteiger partial charge in [0.1, 0.15) is 12.6 Å². The number of halogens is 2. The molecule has 1 N–H and O–H groups in total. The molecule has 0 aliphatic carbocycles. The van der Waals surface area contributed by atoms with E-state index in [2.05, 4.69) is 5.32 Å². The van der Waals surface area contributed by atoms with Gasteiger partial charge in [-0.15, -0.1) is 0 Å². The van der Waals surface area contributed by atoms with E-state index in [1.807, 2.05) is 13.8 Å². The molecule has 10 heteroatoms. The summed E-state index contributed by atoms with van der Waals surface area (Å²) in [5, 5.41) is 3.57. The second-order valence-electron chi connectivity index (χ2n) is 7.70. The first kappa shape index (κ1) is 26.0. The van der Waals surface area contributed by atoms with Crippen molar-refractivity contribution in [2.75, 3.05) is 17.1 Å². The first-order valence-corrected chi connectivity index (χ1v) is 12.6. The maximum atomic E-state index is 13.4. The van der Waals surface area contributed by atoms with E-state index in [0.717, 1.165) is 10.6 Å². The van der Waals surface area contributed by atoms with Crippen molar-refractivity contribution in [3.05, 3.63) is 64.1 Å². The third kappa shape index (κ3) is 7.12. The fourth-order valence-electron chi connectivity index (χ4n) is 3.03. The summed E-state index contributed by atoms with van der Waals surface area (Å²) in [4.78, 5) is 27.4. The summed E-state index contributed by atoms with van der Waals surface area (Å²) < 4.78 is 25.9. The Morgan fingerprint density at radius 3 is 2.19 bits per heavy atom. The Kier molecular flexibility index (Phi) is 8.95. The van der Waals surface area contributed by atoms with E-state index < -0.39 is 28.5 Å². The largest absolute Gasteiger partial charge is 0.352 e. The second-order valence-corrected chi connectivity index (χ2v) is 10.5. The van der Waals surface area contributed by atoms with Gasteiger partial charge >= 0.3 is 0 Å². The third-order valence-corrected chi connectivity index (χ3v) is 6.40. The van der Waals surface area contributed by atoms with Crippen LogP contribution in [0.4, 0.5) is 5.69 Å². The summed E-state index contributed by atoms with van der Waals surface area (Å²) in [5.41, 5.74) is 0.936. The van der Waals surface area contributed by atoms with Crippen molar-refractivity contribution in [1.29, 1.82) is 0 Å². The Hall–Kier alpha value is -2.29. The molecule has 1 atom stereocenters. The highest BCUT2D eigenvalue weighted by molar-refractivity contribution is 7.92. The van der Waals surface area contributed by atoms with E-state index in [9.17, 15) is 18.0 Å². The Morgan fingerprint density at radius 2 is 1.66 bits per heavy atom. The second kappa shape index (κ2) is 11.0. The van der Waals surface area contributed by atoms with Crippen molar-refractivity contribution < 1.29 is 18.0 Å². The minimum Gasteiger partial charge on any atom is -0.352 e. The number of nitrogens with zero attached hydrogens (tertiary/aromatic N) is 2. The molecule has 0 saturated heterocycles. The number of sulfonamides is 1. The molecule has 32 heavy (non-hydrogen) atoms. The molecule has 0 radical (unpaired) electrons. The standard InChI is InChI=1S/C22H27Cl2N3O4S/c1-15(2)25-22(29)16(3)26(13-17-10-11-18(23)12-20(17)24)21(28)14-27(32(4,30)31)19-8-6-5-7-9-19/h5-12,15-16H,13-14H2,1-4H3,(H,25,29). The Balaban J connectivity index is 2.40. The van der Waals surface area contributed by atoms with Gasteiger partial charge in [-0.25, -0.2) is 8.42 Å². The number of carbonyl (C=O) groups excluding carboxylic acids is 2. The molecule has 0 aliphatic rings. The van der Waals surface area contributed by atoms with Crippen LogP contribution in [0.25, 0.3) is 0 Å². The van der Waals surface area contributed by atoms with Crippen molar-refractivity contribution in [3.8, 4) is 0 Å². The van der Waals surface area contributed by atoms with Crippen LogP contribution in [0, 0.1) is 0 Å². The number of hydrogen-bond acceptors (Lipinski definition) is 4. The van der Waals surface area contributed by atoms with E-state index in [-0.39, 0.29) is 18.5 Å². The number of nitrogens with one attached hydrogen (secondary N) is 1. The molecule has 1 unspecified atom stereocenters. The van der Waals surface area contributed by atoms with Gasteiger partial charge in [0.2, 0.25) is 21.8 Å². The fraction of sp³-hybridized carbons (Fsp3) is 0.364. The lowest BCUT2D eigenvalue weighted by atomic mass is 10.1. The molecule has 2 rings (SSSR count). The van der Waals surface area contributed by atoms with Gasteiger partial charge in [0.05, 0.1) is 11.9 Å². The zero-order valence-corrected chi connectivity index (χ0v) is 20.7. The summed E-state index contributed by atoms with van der Waals surface area (Å²) in [6.07, 6.45) is 1.03. The first-order chi connectivity index (χ1) is 14.9. The van der Waals surface area contributed by atoms with Crippen LogP contribution < -0.4 is 9.62 Å². The number of hydrogen-bond donors (Lipinski definition) is 1. The van der Waals surface area contributed by atoms with Crippen molar-refractivity contribution in [2.24, 2.45) is 0 Å². The van der Waals surface area contributed by atoms with Crippen LogP contribution in [0.3, 0.4) is 0 Å². The summed E-state index contributed by atoms with van der Waals surface area (Å²) in [7, 11) is -3.76.